The predicted octanol–water partition coefficient (Wildman–Crippen LogP) is 3.16. The third-order valence-electron chi connectivity index (χ3n) is 2.34. The normalized spacial score (nSPS) is 11.2. The van der Waals surface area contributed by atoms with Crippen molar-refractivity contribution >= 4 is 27.6 Å². The summed E-state index contributed by atoms with van der Waals surface area (Å²) < 4.78 is 5.80. The van der Waals surface area contributed by atoms with E-state index in [9.17, 15) is 14.9 Å². The minimum atomic E-state index is -1.02. The number of benzene rings is 1. The summed E-state index contributed by atoms with van der Waals surface area (Å²) in [4.78, 5) is 21.0. The summed E-state index contributed by atoms with van der Waals surface area (Å²) in [6.45, 7) is 1.68. The van der Waals surface area contributed by atoms with Crippen LogP contribution in [0.25, 0.3) is 0 Å². The van der Waals surface area contributed by atoms with Crippen LogP contribution in [-0.2, 0) is 4.79 Å². The second-order valence-electron chi connectivity index (χ2n) is 3.57. The van der Waals surface area contributed by atoms with Gasteiger partial charge in [-0.2, -0.15) is 0 Å². The molecule has 0 saturated carbocycles. The number of nitro groups is 1. The Balaban J connectivity index is 2.84. The third-order valence-corrected chi connectivity index (χ3v) is 2.84. The molecule has 7 heteroatoms. The molecule has 0 bridgehead atoms. The molecule has 0 amide bonds. The zero-order chi connectivity index (χ0) is 14.4. The van der Waals surface area contributed by atoms with Gasteiger partial charge in [-0.1, -0.05) is 22.9 Å². The van der Waals surface area contributed by atoms with Crippen molar-refractivity contribution in [3.05, 3.63) is 44.4 Å². The van der Waals surface area contributed by atoms with Gasteiger partial charge in [0.25, 0.3) is 0 Å². The molecule has 0 aliphatic carbocycles. The van der Waals surface area contributed by atoms with Gasteiger partial charge in [0.1, 0.15) is 6.61 Å². The van der Waals surface area contributed by atoms with Gasteiger partial charge in [0.15, 0.2) is 5.75 Å². The van der Waals surface area contributed by atoms with Crippen molar-refractivity contribution in [2.75, 3.05) is 6.61 Å². The highest BCUT2D eigenvalue weighted by Gasteiger charge is 2.15. The smallest absolute Gasteiger partial charge is 0.331 e. The maximum atomic E-state index is 10.8. The highest BCUT2D eigenvalue weighted by molar-refractivity contribution is 9.10. The monoisotopic (exact) mass is 329 g/mol. The van der Waals surface area contributed by atoms with Crippen LogP contribution in [0.3, 0.4) is 0 Å². The maximum Gasteiger partial charge on any atom is 0.331 e. The minimum Gasteiger partial charge on any atom is -0.483 e. The number of ether oxygens (including phenoxy) is 1. The van der Waals surface area contributed by atoms with Gasteiger partial charge >= 0.3 is 11.7 Å². The van der Waals surface area contributed by atoms with Crippen LogP contribution < -0.4 is 4.74 Å². The fourth-order valence-corrected chi connectivity index (χ4v) is 1.72. The molecule has 1 rings (SSSR count). The Kier molecular flexibility index (Phi) is 5.50. The molecule has 0 heterocycles. The Hall–Kier alpha value is -1.89. The molecule has 0 aromatic heterocycles. The van der Waals surface area contributed by atoms with E-state index in [1.165, 1.54) is 18.2 Å². The second-order valence-corrected chi connectivity index (χ2v) is 4.48. The Labute approximate surface area is 118 Å². The van der Waals surface area contributed by atoms with Crippen LogP contribution in [0.15, 0.2) is 34.3 Å². The topological polar surface area (TPSA) is 89.7 Å². The molecule has 6 nitrogen and oxygen atoms in total. The van der Waals surface area contributed by atoms with Crippen LogP contribution >= 0.6 is 15.9 Å². The number of carboxylic acids is 1. The summed E-state index contributed by atoms with van der Waals surface area (Å²) in [7, 11) is 0. The van der Waals surface area contributed by atoms with E-state index in [1.54, 1.807) is 13.0 Å². The van der Waals surface area contributed by atoms with Crippen LogP contribution in [-0.4, -0.2) is 22.6 Å². The molecular formula is C12H12BrNO5. The number of carbonyl (C=O) groups is 1. The largest absolute Gasteiger partial charge is 0.483 e. The fourth-order valence-electron chi connectivity index (χ4n) is 1.37. The molecule has 0 spiro atoms. The van der Waals surface area contributed by atoms with Gasteiger partial charge in [-0.15, -0.1) is 0 Å². The average Bonchev–Trinajstić information content (AvgIpc) is 2.35. The Morgan fingerprint density at radius 1 is 1.58 bits per heavy atom. The SMILES string of the molecule is CCC(=CCOc1ccc(Br)cc1[N+](=O)[O-])C(=O)O. The molecule has 19 heavy (non-hydrogen) atoms. The van der Waals surface area contributed by atoms with E-state index in [0.717, 1.165) is 0 Å². The standard InChI is InChI=1S/C12H12BrNO5/c1-2-8(12(15)16)5-6-19-11-4-3-9(13)7-10(11)14(17)18/h3-5,7H,2,6H2,1H3,(H,15,16). The van der Waals surface area contributed by atoms with E-state index < -0.39 is 10.9 Å². The molecule has 1 aromatic carbocycles. The minimum absolute atomic E-state index is 0.0298. The first-order valence-electron chi connectivity index (χ1n) is 5.44. The molecule has 0 fully saturated rings. The van der Waals surface area contributed by atoms with Gasteiger partial charge in [0.2, 0.25) is 0 Å². The summed E-state index contributed by atoms with van der Waals surface area (Å²) in [5, 5.41) is 19.6. The van der Waals surface area contributed by atoms with Gasteiger partial charge in [-0.25, -0.2) is 4.79 Å². The number of carboxylic acid groups (broad SMARTS) is 1. The molecule has 0 radical (unpaired) electrons. The number of halogens is 1. The van der Waals surface area contributed by atoms with Crippen LogP contribution in [0.5, 0.6) is 5.75 Å². The zero-order valence-corrected chi connectivity index (χ0v) is 11.7. The lowest BCUT2D eigenvalue weighted by Gasteiger charge is -2.05. The average molecular weight is 330 g/mol. The van der Waals surface area contributed by atoms with Crippen molar-refractivity contribution in [3.63, 3.8) is 0 Å². The van der Waals surface area contributed by atoms with Crippen LogP contribution in [0.1, 0.15) is 13.3 Å². The second kappa shape index (κ2) is 6.89. The van der Waals surface area contributed by atoms with Crippen molar-refractivity contribution in [2.45, 2.75) is 13.3 Å². The number of nitrogens with zero attached hydrogens (tertiary/aromatic N) is 1. The molecule has 0 saturated heterocycles. The van der Waals surface area contributed by atoms with E-state index in [4.69, 9.17) is 9.84 Å². The number of hydrogen-bond acceptors (Lipinski definition) is 4. The Morgan fingerprint density at radius 2 is 2.26 bits per heavy atom. The predicted molar refractivity (Wildman–Crippen MR) is 72.3 cm³/mol. The van der Waals surface area contributed by atoms with E-state index in [1.807, 2.05) is 0 Å². The lowest BCUT2D eigenvalue weighted by Crippen LogP contribution is -2.04. The fraction of sp³-hybridized carbons (Fsp3) is 0.250. The number of aliphatic carboxylic acids is 1. The first-order chi connectivity index (χ1) is 8.95. The third kappa shape index (κ3) is 4.36. The van der Waals surface area contributed by atoms with E-state index in [-0.39, 0.29) is 23.6 Å². The van der Waals surface area contributed by atoms with Crippen LogP contribution in [0.2, 0.25) is 0 Å². The van der Waals surface area contributed by atoms with E-state index in [0.29, 0.717) is 10.9 Å². The van der Waals surface area contributed by atoms with Gasteiger partial charge in [-0.05, 0) is 24.6 Å². The van der Waals surface area contributed by atoms with Crippen molar-refractivity contribution < 1.29 is 19.6 Å². The summed E-state index contributed by atoms with van der Waals surface area (Å²) in [5.74, 6) is -0.915. The van der Waals surface area contributed by atoms with Crippen molar-refractivity contribution in [2.24, 2.45) is 0 Å². The molecule has 0 aliphatic heterocycles. The van der Waals surface area contributed by atoms with E-state index in [2.05, 4.69) is 15.9 Å². The lowest BCUT2D eigenvalue weighted by molar-refractivity contribution is -0.385. The quantitative estimate of drug-likeness (QED) is 0.492. The van der Waals surface area contributed by atoms with E-state index >= 15 is 0 Å². The summed E-state index contributed by atoms with van der Waals surface area (Å²) in [5.41, 5.74) is 0.0379. The Bertz CT molecular complexity index is 527. The molecule has 0 unspecified atom stereocenters. The molecular weight excluding hydrogens is 318 g/mol. The lowest BCUT2D eigenvalue weighted by atomic mass is 10.2. The van der Waals surface area contributed by atoms with Crippen molar-refractivity contribution in [1.29, 1.82) is 0 Å². The highest BCUT2D eigenvalue weighted by atomic mass is 79.9. The number of hydrogen-bond donors (Lipinski definition) is 1. The van der Waals surface area contributed by atoms with Gasteiger partial charge < -0.3 is 9.84 Å². The zero-order valence-electron chi connectivity index (χ0n) is 10.1. The molecule has 102 valence electrons. The molecule has 0 aliphatic rings. The first kappa shape index (κ1) is 15.2. The molecule has 0 atom stereocenters. The van der Waals surface area contributed by atoms with Crippen LogP contribution in [0, 0.1) is 10.1 Å². The number of rotatable bonds is 6. The summed E-state index contributed by atoms with van der Waals surface area (Å²) in [6.07, 6.45) is 1.76. The summed E-state index contributed by atoms with van der Waals surface area (Å²) >= 11 is 3.14. The van der Waals surface area contributed by atoms with Crippen molar-refractivity contribution in [1.82, 2.24) is 0 Å². The molecule has 1 N–H and O–H groups in total. The van der Waals surface area contributed by atoms with Gasteiger partial charge in [0, 0.05) is 16.1 Å². The highest BCUT2D eigenvalue weighted by Crippen LogP contribution is 2.30. The number of nitro benzene ring substituents is 1. The Morgan fingerprint density at radius 3 is 2.79 bits per heavy atom. The van der Waals surface area contributed by atoms with Crippen LogP contribution in [0.4, 0.5) is 5.69 Å². The van der Waals surface area contributed by atoms with Gasteiger partial charge in [-0.3, -0.25) is 10.1 Å². The first-order valence-corrected chi connectivity index (χ1v) is 6.24. The van der Waals surface area contributed by atoms with Crippen molar-refractivity contribution in [3.8, 4) is 5.75 Å². The summed E-state index contributed by atoms with van der Waals surface area (Å²) in [6, 6.07) is 4.41. The maximum absolute atomic E-state index is 10.8. The molecule has 1 aromatic rings. The van der Waals surface area contributed by atoms with Gasteiger partial charge in [0.05, 0.1) is 4.92 Å².